The van der Waals surface area contributed by atoms with Crippen LogP contribution >= 0.6 is 24.2 Å². The van der Waals surface area contributed by atoms with E-state index in [0.29, 0.717) is 6.23 Å². The molecular weight excluding hydrogens is 230 g/mol. The molecule has 0 amide bonds. The average molecular weight is 252 g/mol. The summed E-state index contributed by atoms with van der Waals surface area (Å²) in [6.45, 7) is 5.28. The van der Waals surface area contributed by atoms with E-state index in [1.165, 1.54) is 30.8 Å². The van der Waals surface area contributed by atoms with Crippen LogP contribution in [0.2, 0.25) is 0 Å². The van der Waals surface area contributed by atoms with Crippen molar-refractivity contribution in [1.29, 1.82) is 0 Å². The number of rotatable bonds is 2. The molecule has 2 saturated heterocycles. The molecule has 2 nitrogen and oxygen atoms in total. The van der Waals surface area contributed by atoms with Gasteiger partial charge in [0.05, 0.1) is 6.61 Å². The Bertz CT molecular complexity index is 195. The van der Waals surface area contributed by atoms with Gasteiger partial charge in [-0.1, -0.05) is 0 Å². The van der Waals surface area contributed by atoms with E-state index in [0.717, 1.165) is 12.5 Å². The van der Waals surface area contributed by atoms with Crippen LogP contribution in [-0.4, -0.2) is 29.9 Å². The molecule has 2 rings (SSSR count). The number of hydrogen-bond donors (Lipinski definition) is 1. The Morgan fingerprint density at radius 3 is 2.80 bits per heavy atom. The van der Waals surface area contributed by atoms with Crippen molar-refractivity contribution in [2.75, 3.05) is 18.1 Å². The van der Waals surface area contributed by atoms with Gasteiger partial charge in [0.1, 0.15) is 6.23 Å². The van der Waals surface area contributed by atoms with Gasteiger partial charge in [-0.05, 0) is 50.5 Å². The zero-order chi connectivity index (χ0) is 10.0. The molecule has 90 valence electrons. The number of thioether (sulfide) groups is 1. The summed E-state index contributed by atoms with van der Waals surface area (Å²) in [6, 6.07) is 0. The molecule has 1 N–H and O–H groups in total. The summed E-state index contributed by atoms with van der Waals surface area (Å²) in [5.74, 6) is 3.57. The zero-order valence-electron chi connectivity index (χ0n) is 9.62. The van der Waals surface area contributed by atoms with E-state index in [1.54, 1.807) is 0 Å². The molecule has 2 aliphatic heterocycles. The summed E-state index contributed by atoms with van der Waals surface area (Å²) < 4.78 is 5.75. The van der Waals surface area contributed by atoms with Crippen LogP contribution in [0.15, 0.2) is 0 Å². The smallest absolute Gasteiger partial charge is 0.108 e. The third-order valence-electron chi connectivity index (χ3n) is 3.00. The lowest BCUT2D eigenvalue weighted by Crippen LogP contribution is -2.40. The molecule has 0 aromatic rings. The van der Waals surface area contributed by atoms with Crippen molar-refractivity contribution >= 4 is 24.2 Å². The van der Waals surface area contributed by atoms with Gasteiger partial charge in [0.15, 0.2) is 0 Å². The highest BCUT2D eigenvalue weighted by Gasteiger charge is 2.32. The van der Waals surface area contributed by atoms with E-state index >= 15 is 0 Å². The molecule has 0 bridgehead atoms. The predicted molar refractivity (Wildman–Crippen MR) is 68.9 cm³/mol. The number of ether oxygens (including phenoxy) is 1. The van der Waals surface area contributed by atoms with Gasteiger partial charge in [-0.25, -0.2) is 0 Å². The Balaban J connectivity index is 0.00000112. The third-order valence-corrected chi connectivity index (χ3v) is 4.28. The molecule has 0 aromatic carbocycles. The first-order valence-corrected chi connectivity index (χ1v) is 6.78. The summed E-state index contributed by atoms with van der Waals surface area (Å²) in [7, 11) is 0. The lowest BCUT2D eigenvalue weighted by Gasteiger charge is -2.24. The highest BCUT2D eigenvalue weighted by atomic mass is 35.5. The molecule has 2 unspecified atom stereocenters. The Kier molecular flexibility index (Phi) is 5.23. The zero-order valence-corrected chi connectivity index (χ0v) is 11.3. The van der Waals surface area contributed by atoms with E-state index in [4.69, 9.17) is 4.74 Å². The molecular formula is C11H22ClNOS. The molecule has 2 heterocycles. The van der Waals surface area contributed by atoms with Crippen LogP contribution in [0.4, 0.5) is 0 Å². The minimum absolute atomic E-state index is 0. The summed E-state index contributed by atoms with van der Waals surface area (Å²) >= 11 is 2.10. The van der Waals surface area contributed by atoms with Crippen molar-refractivity contribution in [3.05, 3.63) is 0 Å². The van der Waals surface area contributed by atoms with Gasteiger partial charge in [0.25, 0.3) is 0 Å². The maximum Gasteiger partial charge on any atom is 0.108 e. The van der Waals surface area contributed by atoms with Crippen molar-refractivity contribution in [2.24, 2.45) is 5.92 Å². The van der Waals surface area contributed by atoms with Gasteiger partial charge in [0, 0.05) is 5.54 Å². The molecule has 0 radical (unpaired) electrons. The second-order valence-electron chi connectivity index (χ2n) is 5.15. The second-order valence-corrected chi connectivity index (χ2v) is 6.30. The van der Waals surface area contributed by atoms with Gasteiger partial charge >= 0.3 is 0 Å². The van der Waals surface area contributed by atoms with Crippen LogP contribution in [0.3, 0.4) is 0 Å². The maximum atomic E-state index is 5.75. The molecule has 15 heavy (non-hydrogen) atoms. The minimum Gasteiger partial charge on any atom is -0.361 e. The fourth-order valence-corrected chi connectivity index (χ4v) is 3.42. The standard InChI is InChI=1S/C11H21NOS.ClH/c1-11(2)8-13-10(12-11)6-9-4-3-5-14-7-9;/h9-10,12H,3-8H2,1-2H3;1H. The van der Waals surface area contributed by atoms with Gasteiger partial charge in [0.2, 0.25) is 0 Å². The molecule has 2 atom stereocenters. The predicted octanol–water partition coefficient (Wildman–Crippen LogP) is 2.67. The molecule has 0 aromatic heterocycles. The van der Waals surface area contributed by atoms with Crippen LogP contribution in [0.1, 0.15) is 33.1 Å². The number of nitrogens with one attached hydrogen (secondary N) is 1. The first kappa shape index (κ1) is 13.6. The van der Waals surface area contributed by atoms with Crippen molar-refractivity contribution < 1.29 is 4.74 Å². The molecule has 0 saturated carbocycles. The second kappa shape index (κ2) is 5.76. The average Bonchev–Trinajstić information content (AvgIpc) is 2.47. The lowest BCUT2D eigenvalue weighted by molar-refractivity contribution is 0.0789. The lowest BCUT2D eigenvalue weighted by atomic mass is 10.00. The van der Waals surface area contributed by atoms with Crippen LogP contribution in [0, 0.1) is 5.92 Å². The molecule has 0 spiro atoms. The first-order valence-electron chi connectivity index (χ1n) is 5.63. The van der Waals surface area contributed by atoms with Gasteiger partial charge in [-0.2, -0.15) is 11.8 Å². The van der Waals surface area contributed by atoms with Crippen molar-refractivity contribution in [2.45, 2.75) is 44.9 Å². The Hall–Kier alpha value is 0.560. The van der Waals surface area contributed by atoms with Crippen molar-refractivity contribution in [3.8, 4) is 0 Å². The Labute approximate surface area is 103 Å². The van der Waals surface area contributed by atoms with E-state index in [9.17, 15) is 0 Å². The quantitative estimate of drug-likeness (QED) is 0.816. The fraction of sp³-hybridized carbons (Fsp3) is 1.00. The highest BCUT2D eigenvalue weighted by molar-refractivity contribution is 7.99. The molecule has 2 fully saturated rings. The summed E-state index contributed by atoms with van der Waals surface area (Å²) in [4.78, 5) is 0. The van der Waals surface area contributed by atoms with E-state index in [-0.39, 0.29) is 17.9 Å². The molecule has 2 aliphatic rings. The first-order chi connectivity index (χ1) is 6.66. The largest absolute Gasteiger partial charge is 0.361 e. The van der Waals surface area contributed by atoms with Crippen LogP contribution in [-0.2, 0) is 4.74 Å². The van der Waals surface area contributed by atoms with Crippen molar-refractivity contribution in [3.63, 3.8) is 0 Å². The Morgan fingerprint density at radius 2 is 2.27 bits per heavy atom. The van der Waals surface area contributed by atoms with Crippen molar-refractivity contribution in [1.82, 2.24) is 5.32 Å². The molecule has 4 heteroatoms. The SMILES string of the molecule is CC1(C)COC(CC2CCCSC2)N1.Cl. The highest BCUT2D eigenvalue weighted by Crippen LogP contribution is 2.28. The van der Waals surface area contributed by atoms with E-state index in [2.05, 4.69) is 30.9 Å². The number of hydrogen-bond acceptors (Lipinski definition) is 3. The van der Waals surface area contributed by atoms with Gasteiger partial charge in [-0.15, -0.1) is 12.4 Å². The van der Waals surface area contributed by atoms with E-state index < -0.39 is 0 Å². The number of halogens is 1. The van der Waals surface area contributed by atoms with Gasteiger partial charge < -0.3 is 4.74 Å². The van der Waals surface area contributed by atoms with Gasteiger partial charge in [-0.3, -0.25) is 5.32 Å². The topological polar surface area (TPSA) is 21.3 Å². The monoisotopic (exact) mass is 251 g/mol. The maximum absolute atomic E-state index is 5.75. The summed E-state index contributed by atoms with van der Waals surface area (Å²) in [6.07, 6.45) is 4.31. The Morgan fingerprint density at radius 1 is 1.47 bits per heavy atom. The fourth-order valence-electron chi connectivity index (χ4n) is 2.25. The summed E-state index contributed by atoms with van der Waals surface area (Å²) in [5.41, 5.74) is 0.187. The van der Waals surface area contributed by atoms with E-state index in [1.807, 2.05) is 0 Å². The summed E-state index contributed by atoms with van der Waals surface area (Å²) in [5, 5.41) is 3.55. The van der Waals surface area contributed by atoms with Crippen LogP contribution in [0.25, 0.3) is 0 Å². The molecule has 0 aliphatic carbocycles. The minimum atomic E-state index is 0. The van der Waals surface area contributed by atoms with Crippen LogP contribution in [0.5, 0.6) is 0 Å². The third kappa shape index (κ3) is 4.14. The normalized spacial score (nSPS) is 34.8. The van der Waals surface area contributed by atoms with Crippen LogP contribution < -0.4 is 5.32 Å².